The van der Waals surface area contributed by atoms with Gasteiger partial charge in [0.1, 0.15) is 23.7 Å². The Morgan fingerprint density at radius 2 is 1.72 bits per heavy atom. The number of fused-ring (bicyclic) bond motifs is 2. The molecular weight excluding hydrogens is 600 g/mol. The number of β-amino-alcohol motifs (C(OH)–C–C–N with tert-alkyl or cyclic N) is 1. The van der Waals surface area contributed by atoms with E-state index in [1.807, 2.05) is 60.7 Å². The Morgan fingerprint density at radius 1 is 0.979 bits per heavy atom. The van der Waals surface area contributed by atoms with Crippen molar-refractivity contribution in [1.82, 2.24) is 10.2 Å². The number of rotatable bonds is 7. The fourth-order valence-electron chi connectivity index (χ4n) is 7.42. The van der Waals surface area contributed by atoms with E-state index >= 15 is 0 Å². The lowest BCUT2D eigenvalue weighted by molar-refractivity contribution is -0.159. The summed E-state index contributed by atoms with van der Waals surface area (Å²) in [6.07, 6.45) is 6.00. The van der Waals surface area contributed by atoms with Gasteiger partial charge in [-0.05, 0) is 50.1 Å². The number of hydrogen-bond donors (Lipinski definition) is 2. The largest absolute Gasteiger partial charge is 0.455 e. The third kappa shape index (κ3) is 5.94. The van der Waals surface area contributed by atoms with Gasteiger partial charge in [0.25, 0.3) is 5.91 Å². The van der Waals surface area contributed by atoms with Gasteiger partial charge in [-0.15, -0.1) is 0 Å². The minimum atomic E-state index is -1.48. The molecule has 0 radical (unpaired) electrons. The second-order valence-corrected chi connectivity index (χ2v) is 12.2. The normalized spacial score (nSPS) is 29.9. The van der Waals surface area contributed by atoms with E-state index in [1.165, 1.54) is 4.90 Å². The van der Waals surface area contributed by atoms with Crippen LogP contribution in [0, 0.1) is 11.8 Å². The first-order valence-corrected chi connectivity index (χ1v) is 16.4. The van der Waals surface area contributed by atoms with Gasteiger partial charge in [-0.25, -0.2) is 0 Å². The molecule has 3 amide bonds. The van der Waals surface area contributed by atoms with E-state index in [0.29, 0.717) is 17.7 Å². The minimum Gasteiger partial charge on any atom is -0.455 e. The van der Waals surface area contributed by atoms with E-state index in [2.05, 4.69) is 24.1 Å². The lowest BCUT2D eigenvalue weighted by Crippen LogP contribution is -2.55. The van der Waals surface area contributed by atoms with Gasteiger partial charge in [-0.1, -0.05) is 54.6 Å². The number of allylic oxidation sites excluding steroid dienone is 1. The topological polar surface area (TPSA) is 129 Å². The number of amides is 3. The van der Waals surface area contributed by atoms with Crippen LogP contribution in [0.5, 0.6) is 0 Å². The fourth-order valence-corrected chi connectivity index (χ4v) is 7.42. The predicted octanol–water partition coefficient (Wildman–Crippen LogP) is 2.76. The number of ether oxygens (including phenoxy) is 2. The van der Waals surface area contributed by atoms with Crippen molar-refractivity contribution in [3.8, 4) is 0 Å². The highest BCUT2D eigenvalue weighted by molar-refractivity contribution is 6.05. The van der Waals surface area contributed by atoms with Crippen molar-refractivity contribution in [3.63, 3.8) is 0 Å². The lowest BCUT2D eigenvalue weighted by Gasteiger charge is -2.35. The lowest BCUT2D eigenvalue weighted by atomic mass is 9.78. The van der Waals surface area contributed by atoms with Gasteiger partial charge in [0.15, 0.2) is 0 Å². The Balaban J connectivity index is 1.38. The Bertz CT molecular complexity index is 1540. The van der Waals surface area contributed by atoms with Crippen LogP contribution in [0.15, 0.2) is 78.9 Å². The maximum atomic E-state index is 14.6. The van der Waals surface area contributed by atoms with E-state index in [0.717, 1.165) is 18.8 Å². The van der Waals surface area contributed by atoms with Gasteiger partial charge in [-0.2, -0.15) is 0 Å². The Morgan fingerprint density at radius 3 is 2.43 bits per heavy atom. The van der Waals surface area contributed by atoms with Crippen molar-refractivity contribution in [3.05, 3.63) is 84.5 Å². The van der Waals surface area contributed by atoms with Gasteiger partial charge >= 0.3 is 5.97 Å². The molecule has 1 spiro atoms. The van der Waals surface area contributed by atoms with Crippen molar-refractivity contribution in [2.24, 2.45) is 11.8 Å². The van der Waals surface area contributed by atoms with Crippen molar-refractivity contribution in [2.45, 2.75) is 50.5 Å². The van der Waals surface area contributed by atoms with Gasteiger partial charge in [0, 0.05) is 44.0 Å². The zero-order chi connectivity index (χ0) is 33.1. The van der Waals surface area contributed by atoms with Gasteiger partial charge in [0.05, 0.1) is 25.2 Å². The number of esters is 1. The van der Waals surface area contributed by atoms with Gasteiger partial charge < -0.3 is 34.6 Å². The molecule has 2 saturated heterocycles. The molecule has 11 heteroatoms. The Kier molecular flexibility index (Phi) is 9.47. The number of carbonyl (C=O) groups is 4. The number of nitrogens with one attached hydrogen (secondary N) is 1. The van der Waals surface area contributed by atoms with E-state index < -0.39 is 47.6 Å². The SMILES string of the molecule is CCN(CC)c1ccc(N2CC=C[C@@]34O[C@H]5/C=C\CCC(=O)NC[C@H](c6ccccc6)OC(=O)[C@H]5[C@@H]3C(=O)N(CCO)[C@H]4C2=O)cc1. The third-order valence-corrected chi connectivity index (χ3v) is 9.68. The summed E-state index contributed by atoms with van der Waals surface area (Å²) in [6.45, 7) is 5.71. The number of cyclic esters (lactones) is 1. The predicted molar refractivity (Wildman–Crippen MR) is 175 cm³/mol. The summed E-state index contributed by atoms with van der Waals surface area (Å²) in [4.78, 5) is 60.8. The summed E-state index contributed by atoms with van der Waals surface area (Å²) in [7, 11) is 0. The van der Waals surface area contributed by atoms with Crippen molar-refractivity contribution in [2.75, 3.05) is 49.1 Å². The number of carbonyl (C=O) groups excluding carboxylic acids is 4. The molecule has 2 N–H and O–H groups in total. The van der Waals surface area contributed by atoms with Crippen molar-refractivity contribution in [1.29, 1.82) is 0 Å². The molecule has 0 aliphatic carbocycles. The molecule has 0 unspecified atom stereocenters. The molecule has 0 saturated carbocycles. The first-order valence-electron chi connectivity index (χ1n) is 16.4. The number of hydrogen-bond acceptors (Lipinski definition) is 8. The quantitative estimate of drug-likeness (QED) is 0.349. The third-order valence-electron chi connectivity index (χ3n) is 9.68. The summed E-state index contributed by atoms with van der Waals surface area (Å²) in [5.41, 5.74) is 0.924. The first-order chi connectivity index (χ1) is 22.8. The standard InChI is InChI=1S/C36H42N4O7/c1-3-38(4-2)25-15-17-26(18-16-25)39-20-10-19-36-31(33(43)40(21-22-41)32(36)34(39)44)30-27(47-36)13-8-9-14-29(42)37-23-28(46-35(30)45)24-11-6-5-7-12-24/h5-8,10-13,15-19,27-28,30-32,41H,3-4,9,14,20-23H2,1-2H3,(H,37,42)/b13-8-/t27-,28+,30+,31+,32-,36+/m0/s1. The van der Waals surface area contributed by atoms with Crippen LogP contribution in [0.3, 0.4) is 0 Å². The molecule has 4 aliphatic heterocycles. The Labute approximate surface area is 274 Å². The van der Waals surface area contributed by atoms with Crippen LogP contribution in [0.2, 0.25) is 0 Å². The number of benzene rings is 2. The molecule has 11 nitrogen and oxygen atoms in total. The molecule has 2 fully saturated rings. The van der Waals surface area contributed by atoms with Gasteiger partial charge in [-0.3, -0.25) is 19.2 Å². The van der Waals surface area contributed by atoms with Crippen LogP contribution >= 0.6 is 0 Å². The number of aliphatic hydroxyl groups excluding tert-OH is 1. The van der Waals surface area contributed by atoms with Crippen LogP contribution in [0.1, 0.15) is 38.4 Å². The molecule has 2 aromatic carbocycles. The minimum absolute atomic E-state index is 0.0694. The highest BCUT2D eigenvalue weighted by Gasteiger charge is 2.71. The average molecular weight is 643 g/mol. The van der Waals surface area contributed by atoms with E-state index in [-0.39, 0.29) is 44.5 Å². The number of likely N-dealkylation sites (tertiary alicyclic amines) is 1. The van der Waals surface area contributed by atoms with Crippen LogP contribution in [0.4, 0.5) is 11.4 Å². The molecule has 248 valence electrons. The fraction of sp³-hybridized carbons (Fsp3) is 0.444. The van der Waals surface area contributed by atoms with Crippen molar-refractivity contribution < 1.29 is 33.8 Å². The number of anilines is 2. The average Bonchev–Trinajstić information content (AvgIpc) is 3.46. The molecule has 0 aromatic heterocycles. The molecule has 6 atom stereocenters. The molecule has 6 rings (SSSR count). The number of nitrogens with zero attached hydrogens (tertiary/aromatic N) is 3. The molecule has 2 aromatic rings. The monoisotopic (exact) mass is 642 g/mol. The first kappa shape index (κ1) is 32.5. The van der Waals surface area contributed by atoms with Crippen molar-refractivity contribution >= 4 is 35.1 Å². The maximum absolute atomic E-state index is 14.6. The highest BCUT2D eigenvalue weighted by atomic mass is 16.6. The molecular formula is C36H42N4O7. The smallest absolute Gasteiger partial charge is 0.313 e. The zero-order valence-electron chi connectivity index (χ0n) is 26.8. The molecule has 0 bridgehead atoms. The molecule has 47 heavy (non-hydrogen) atoms. The van der Waals surface area contributed by atoms with Gasteiger partial charge in [0.2, 0.25) is 11.8 Å². The summed E-state index contributed by atoms with van der Waals surface area (Å²) >= 11 is 0. The zero-order valence-corrected chi connectivity index (χ0v) is 26.8. The summed E-state index contributed by atoms with van der Waals surface area (Å²) in [6, 6.07) is 15.7. The molecule has 4 aliphatic rings. The van der Waals surface area contributed by atoms with Crippen LogP contribution in [-0.4, -0.2) is 90.8 Å². The molecule has 4 heterocycles. The van der Waals surface area contributed by atoms with E-state index in [4.69, 9.17) is 9.47 Å². The summed E-state index contributed by atoms with van der Waals surface area (Å²) in [5, 5.41) is 12.9. The second-order valence-electron chi connectivity index (χ2n) is 12.2. The van der Waals surface area contributed by atoms with E-state index in [9.17, 15) is 24.3 Å². The maximum Gasteiger partial charge on any atom is 0.313 e. The van der Waals surface area contributed by atoms with E-state index in [1.54, 1.807) is 23.1 Å². The van der Waals surface area contributed by atoms with Crippen LogP contribution in [0.25, 0.3) is 0 Å². The Hall–Kier alpha value is -4.48. The summed E-state index contributed by atoms with van der Waals surface area (Å²) in [5.74, 6) is -3.78. The summed E-state index contributed by atoms with van der Waals surface area (Å²) < 4.78 is 12.8. The van der Waals surface area contributed by atoms with Crippen LogP contribution in [-0.2, 0) is 28.7 Å². The number of aliphatic hydroxyl groups is 1. The highest BCUT2D eigenvalue weighted by Crippen LogP contribution is 2.53. The second kappa shape index (κ2) is 13.7. The van der Waals surface area contributed by atoms with Crippen LogP contribution < -0.4 is 15.1 Å².